The zero-order valence-corrected chi connectivity index (χ0v) is 17.2. The zero-order chi connectivity index (χ0) is 22.3. The first-order valence-electron chi connectivity index (χ1n) is 9.30. The quantitative estimate of drug-likeness (QED) is 0.417. The van der Waals surface area contributed by atoms with E-state index in [2.05, 4.69) is 20.6 Å². The maximum Gasteiger partial charge on any atom is 0.271 e. The van der Waals surface area contributed by atoms with E-state index in [1.54, 1.807) is 13.0 Å². The minimum atomic E-state index is -1.30. The molecule has 9 nitrogen and oxygen atoms in total. The summed E-state index contributed by atoms with van der Waals surface area (Å²) in [4.78, 5) is 34.0. The van der Waals surface area contributed by atoms with E-state index in [-0.39, 0.29) is 23.0 Å². The maximum absolute atomic E-state index is 14.0. The molecule has 1 spiro atoms. The number of benzene rings is 1. The lowest BCUT2D eigenvalue weighted by atomic mass is 10.0. The van der Waals surface area contributed by atoms with Crippen LogP contribution in [0.3, 0.4) is 0 Å². The van der Waals surface area contributed by atoms with Crippen molar-refractivity contribution < 1.29 is 14.0 Å². The van der Waals surface area contributed by atoms with E-state index < -0.39 is 23.4 Å². The number of fused-ring (bicyclic) bond motifs is 2. The Morgan fingerprint density at radius 2 is 2.19 bits per heavy atom. The van der Waals surface area contributed by atoms with Gasteiger partial charge in [-0.25, -0.2) is 14.4 Å². The molecule has 6 N–H and O–H groups in total. The topological polar surface area (TPSA) is 139 Å². The third-order valence-electron chi connectivity index (χ3n) is 5.25. The molecule has 0 bridgehead atoms. The molecule has 2 unspecified atom stereocenters. The number of nitrogens with zero attached hydrogens (tertiary/aromatic N) is 3. The molecule has 1 saturated heterocycles. The van der Waals surface area contributed by atoms with Crippen molar-refractivity contribution in [2.24, 2.45) is 5.73 Å². The smallest absolute Gasteiger partial charge is 0.271 e. The molecule has 2 heterocycles. The molecule has 31 heavy (non-hydrogen) atoms. The van der Waals surface area contributed by atoms with Crippen molar-refractivity contribution >= 4 is 35.6 Å². The summed E-state index contributed by atoms with van der Waals surface area (Å²) in [6, 6.07) is 5.17. The molecule has 1 aliphatic carbocycles. The minimum absolute atomic E-state index is 0.00641. The second-order valence-corrected chi connectivity index (χ2v) is 7.72. The van der Waals surface area contributed by atoms with Crippen LogP contribution in [0.15, 0.2) is 53.1 Å². The molecular formula is C20H19ClFN7O2. The first kappa shape index (κ1) is 20.8. The van der Waals surface area contributed by atoms with Crippen molar-refractivity contribution in [1.82, 2.24) is 20.2 Å². The predicted molar refractivity (Wildman–Crippen MR) is 112 cm³/mol. The van der Waals surface area contributed by atoms with Crippen LogP contribution in [0.5, 0.6) is 0 Å². The summed E-state index contributed by atoms with van der Waals surface area (Å²) in [7, 11) is 0. The average molecular weight is 444 g/mol. The van der Waals surface area contributed by atoms with E-state index in [1.807, 2.05) is 0 Å². The molecule has 160 valence electrons. The van der Waals surface area contributed by atoms with Gasteiger partial charge in [0.15, 0.2) is 0 Å². The van der Waals surface area contributed by atoms with Gasteiger partial charge >= 0.3 is 0 Å². The van der Waals surface area contributed by atoms with Gasteiger partial charge in [0, 0.05) is 29.8 Å². The average Bonchev–Trinajstić information content (AvgIpc) is 3.14. The van der Waals surface area contributed by atoms with E-state index in [9.17, 15) is 14.0 Å². The van der Waals surface area contributed by atoms with Gasteiger partial charge in [-0.2, -0.15) is 0 Å². The number of aromatic nitrogens is 2. The van der Waals surface area contributed by atoms with Crippen LogP contribution < -0.4 is 22.1 Å². The molecule has 2 amide bonds. The Hall–Kier alpha value is -3.50. The Kier molecular flexibility index (Phi) is 5.11. The number of nitrogens with one attached hydrogen (secondary N) is 2. The van der Waals surface area contributed by atoms with Crippen LogP contribution >= 0.6 is 11.6 Å². The van der Waals surface area contributed by atoms with Gasteiger partial charge in [-0.1, -0.05) is 17.7 Å². The minimum Gasteiger partial charge on any atom is -0.384 e. The van der Waals surface area contributed by atoms with E-state index >= 15 is 0 Å². The molecule has 0 saturated carbocycles. The Morgan fingerprint density at radius 3 is 2.90 bits per heavy atom. The number of amides is 2. The van der Waals surface area contributed by atoms with Gasteiger partial charge in [0.1, 0.15) is 35.1 Å². The molecule has 1 aliphatic heterocycles. The first-order chi connectivity index (χ1) is 14.7. The highest BCUT2D eigenvalue weighted by molar-refractivity contribution is 6.33. The summed E-state index contributed by atoms with van der Waals surface area (Å²) >= 11 is 6.44. The number of anilines is 2. The van der Waals surface area contributed by atoms with Crippen molar-refractivity contribution in [3.8, 4) is 0 Å². The highest BCUT2D eigenvalue weighted by Gasteiger charge is 2.55. The van der Waals surface area contributed by atoms with Crippen molar-refractivity contribution in [3.05, 3.63) is 70.0 Å². The molecule has 0 radical (unpaired) electrons. The Balaban J connectivity index is 1.73. The molecule has 1 aromatic carbocycles. The zero-order valence-electron chi connectivity index (χ0n) is 16.4. The van der Waals surface area contributed by atoms with Gasteiger partial charge in [-0.15, -0.1) is 0 Å². The van der Waals surface area contributed by atoms with Crippen LogP contribution in [0, 0.1) is 5.82 Å². The first-order valence-corrected chi connectivity index (χ1v) is 9.68. The maximum atomic E-state index is 14.0. The van der Waals surface area contributed by atoms with E-state index in [1.165, 1.54) is 35.5 Å². The van der Waals surface area contributed by atoms with Crippen molar-refractivity contribution in [2.75, 3.05) is 11.1 Å². The number of hydrogen-bond donors (Lipinski definition) is 4. The number of hydrogen-bond acceptors (Lipinski definition) is 7. The van der Waals surface area contributed by atoms with Crippen molar-refractivity contribution in [3.63, 3.8) is 0 Å². The molecular weight excluding hydrogens is 425 g/mol. The lowest BCUT2D eigenvalue weighted by Gasteiger charge is -2.32. The highest BCUT2D eigenvalue weighted by Crippen LogP contribution is 2.48. The number of carbonyl (C=O) groups excluding carboxylic acids is 2. The Bertz CT molecular complexity index is 1150. The SMILES string of the molecule is C/C(=C\C(Cl)=C1\C(=O)NC2(CC(N)c3ccc(F)cc32)N1C=O)Nc1cc(N)ncn1. The largest absolute Gasteiger partial charge is 0.384 e. The highest BCUT2D eigenvalue weighted by atomic mass is 35.5. The predicted octanol–water partition coefficient (Wildman–Crippen LogP) is 1.81. The number of allylic oxidation sites excluding steroid dienone is 3. The second-order valence-electron chi connectivity index (χ2n) is 7.31. The fraction of sp³-hybridized carbons (Fsp3) is 0.200. The molecule has 1 aromatic heterocycles. The van der Waals surface area contributed by atoms with Gasteiger partial charge < -0.3 is 22.1 Å². The Morgan fingerprint density at radius 1 is 1.42 bits per heavy atom. The summed E-state index contributed by atoms with van der Waals surface area (Å²) in [5.74, 6) is -0.361. The van der Waals surface area contributed by atoms with Gasteiger partial charge in [-0.05, 0) is 30.7 Å². The summed E-state index contributed by atoms with van der Waals surface area (Å²) in [6.07, 6.45) is 3.45. The molecule has 2 aromatic rings. The lowest BCUT2D eigenvalue weighted by molar-refractivity contribution is -0.121. The van der Waals surface area contributed by atoms with E-state index in [0.717, 1.165) is 0 Å². The van der Waals surface area contributed by atoms with Crippen LogP contribution in [0.2, 0.25) is 0 Å². The van der Waals surface area contributed by atoms with Crippen LogP contribution in [0.25, 0.3) is 0 Å². The number of carbonyl (C=O) groups is 2. The van der Waals surface area contributed by atoms with Crippen molar-refractivity contribution in [1.29, 1.82) is 0 Å². The molecule has 1 fully saturated rings. The monoisotopic (exact) mass is 443 g/mol. The van der Waals surface area contributed by atoms with Crippen LogP contribution in [0.4, 0.5) is 16.0 Å². The number of halogens is 2. The second kappa shape index (κ2) is 7.64. The van der Waals surface area contributed by atoms with Gasteiger partial charge in [0.05, 0.1) is 5.03 Å². The van der Waals surface area contributed by atoms with E-state index in [0.29, 0.717) is 29.1 Å². The normalized spacial score (nSPS) is 24.3. The fourth-order valence-electron chi connectivity index (χ4n) is 4.01. The van der Waals surface area contributed by atoms with Crippen LogP contribution in [0.1, 0.15) is 30.5 Å². The summed E-state index contributed by atoms with van der Waals surface area (Å²) in [6.45, 7) is 1.70. The van der Waals surface area contributed by atoms with Crippen LogP contribution in [-0.4, -0.2) is 27.2 Å². The van der Waals surface area contributed by atoms with E-state index in [4.69, 9.17) is 23.1 Å². The number of nitrogen functional groups attached to an aromatic ring is 1. The van der Waals surface area contributed by atoms with Gasteiger partial charge in [0.2, 0.25) is 6.41 Å². The third kappa shape index (κ3) is 3.49. The van der Waals surface area contributed by atoms with Gasteiger partial charge in [0.25, 0.3) is 5.91 Å². The molecule has 2 aliphatic rings. The number of rotatable bonds is 4. The van der Waals surface area contributed by atoms with Gasteiger partial charge in [-0.3, -0.25) is 14.5 Å². The summed E-state index contributed by atoms with van der Waals surface area (Å²) in [5.41, 5.74) is 12.1. The molecule has 2 atom stereocenters. The third-order valence-corrected chi connectivity index (χ3v) is 5.54. The summed E-state index contributed by atoms with van der Waals surface area (Å²) in [5, 5.41) is 5.77. The summed E-state index contributed by atoms with van der Waals surface area (Å²) < 4.78 is 14.0. The van der Waals surface area contributed by atoms with Crippen LogP contribution in [-0.2, 0) is 15.3 Å². The number of nitrogens with two attached hydrogens (primary N) is 2. The molecule has 4 rings (SSSR count). The van der Waals surface area contributed by atoms with Crippen molar-refractivity contribution in [2.45, 2.75) is 25.0 Å². The molecule has 11 heteroatoms. The fourth-order valence-corrected chi connectivity index (χ4v) is 4.35. The standard InChI is InChI=1S/C20H19ClFN7O2/c1-10(27-17-6-16(24)25-8-26-17)4-14(21)18-19(31)28-20(29(18)9-30)7-15(23)12-3-2-11(22)5-13(12)20/h2-6,8-9,15H,7,23H2,1H3,(H,28,31)(H3,24,25,26,27)/b10-4+,18-14+. The lowest BCUT2D eigenvalue weighted by Crippen LogP contribution is -2.47. The Labute approximate surface area is 182 Å².